The number of fused-ring (bicyclic) bond motifs is 1. The molecule has 96 valence electrons. The van der Waals surface area contributed by atoms with Gasteiger partial charge in [0.05, 0.1) is 28.8 Å². The molecule has 0 bridgehead atoms. The van der Waals surface area contributed by atoms with E-state index >= 15 is 0 Å². The van der Waals surface area contributed by atoms with Gasteiger partial charge in [0.1, 0.15) is 0 Å². The third-order valence-corrected chi connectivity index (χ3v) is 3.80. The summed E-state index contributed by atoms with van der Waals surface area (Å²) in [5, 5.41) is 0.739. The molecule has 0 unspecified atom stereocenters. The molecule has 2 nitrogen and oxygen atoms in total. The number of hydrogen-bond donors (Lipinski definition) is 0. The molecule has 0 spiro atoms. The van der Waals surface area contributed by atoms with Crippen molar-refractivity contribution in [2.75, 3.05) is 0 Å². The molecule has 2 aromatic carbocycles. The molecule has 0 aliphatic carbocycles. The lowest BCUT2D eigenvalue weighted by Gasteiger charge is -2.07. The standard InChI is InChI=1S/C15H10Cl2O2/c16-12-2-1-3-13(17)14(12)15(18)9-4-5-10-7-19-8-11(10)6-9/h1-6H,7-8H2. The van der Waals surface area contributed by atoms with Crippen LogP contribution in [0.2, 0.25) is 10.0 Å². The summed E-state index contributed by atoms with van der Waals surface area (Å²) in [6.07, 6.45) is 0. The zero-order valence-electron chi connectivity index (χ0n) is 9.95. The molecule has 0 amide bonds. The van der Waals surface area contributed by atoms with Crippen LogP contribution in [0, 0.1) is 0 Å². The Kier molecular flexibility index (Phi) is 3.31. The molecule has 0 saturated carbocycles. The number of rotatable bonds is 2. The van der Waals surface area contributed by atoms with E-state index in [1.807, 2.05) is 12.1 Å². The number of benzene rings is 2. The Morgan fingerprint density at radius 3 is 2.42 bits per heavy atom. The van der Waals surface area contributed by atoms with Crippen molar-refractivity contribution in [3.8, 4) is 0 Å². The van der Waals surface area contributed by atoms with E-state index in [0.29, 0.717) is 34.4 Å². The largest absolute Gasteiger partial charge is 0.372 e. The maximum absolute atomic E-state index is 12.5. The third kappa shape index (κ3) is 2.27. The minimum absolute atomic E-state index is 0.162. The Labute approximate surface area is 120 Å². The van der Waals surface area contributed by atoms with Crippen LogP contribution in [0.5, 0.6) is 0 Å². The van der Waals surface area contributed by atoms with Crippen molar-refractivity contribution in [2.45, 2.75) is 13.2 Å². The summed E-state index contributed by atoms with van der Waals surface area (Å²) >= 11 is 12.1. The van der Waals surface area contributed by atoms with E-state index in [-0.39, 0.29) is 5.78 Å². The molecule has 0 saturated heterocycles. The molecular weight excluding hydrogens is 283 g/mol. The molecule has 0 fully saturated rings. The van der Waals surface area contributed by atoms with Gasteiger partial charge in [-0.3, -0.25) is 4.79 Å². The van der Waals surface area contributed by atoms with Crippen molar-refractivity contribution in [1.29, 1.82) is 0 Å². The van der Waals surface area contributed by atoms with Crippen LogP contribution < -0.4 is 0 Å². The summed E-state index contributed by atoms with van der Waals surface area (Å²) in [6.45, 7) is 1.16. The van der Waals surface area contributed by atoms with Crippen LogP contribution in [0.4, 0.5) is 0 Å². The lowest BCUT2D eigenvalue weighted by atomic mass is 9.99. The first-order chi connectivity index (χ1) is 9.16. The van der Waals surface area contributed by atoms with E-state index in [2.05, 4.69) is 0 Å². The summed E-state index contributed by atoms with van der Waals surface area (Å²) in [7, 11) is 0. The van der Waals surface area contributed by atoms with E-state index < -0.39 is 0 Å². The number of carbonyl (C=O) groups is 1. The maximum atomic E-state index is 12.5. The molecule has 0 aromatic heterocycles. The molecule has 2 aromatic rings. The predicted octanol–water partition coefficient (Wildman–Crippen LogP) is 4.25. The summed E-state index contributed by atoms with van der Waals surface area (Å²) in [5.74, 6) is -0.162. The van der Waals surface area contributed by atoms with Crippen LogP contribution >= 0.6 is 23.2 Å². The fraction of sp³-hybridized carbons (Fsp3) is 0.133. The monoisotopic (exact) mass is 292 g/mol. The zero-order chi connectivity index (χ0) is 13.4. The Balaban J connectivity index is 2.05. The fourth-order valence-electron chi connectivity index (χ4n) is 2.17. The van der Waals surface area contributed by atoms with Crippen molar-refractivity contribution in [2.24, 2.45) is 0 Å². The topological polar surface area (TPSA) is 26.3 Å². The van der Waals surface area contributed by atoms with Crippen molar-refractivity contribution in [3.63, 3.8) is 0 Å². The van der Waals surface area contributed by atoms with Crippen molar-refractivity contribution < 1.29 is 9.53 Å². The van der Waals surface area contributed by atoms with Crippen LogP contribution in [-0.2, 0) is 18.0 Å². The van der Waals surface area contributed by atoms with Gasteiger partial charge in [0.2, 0.25) is 0 Å². The Bertz CT molecular complexity index is 645. The van der Waals surface area contributed by atoms with E-state index in [1.54, 1.807) is 24.3 Å². The van der Waals surface area contributed by atoms with Gasteiger partial charge in [-0.2, -0.15) is 0 Å². The van der Waals surface area contributed by atoms with Gasteiger partial charge in [0.25, 0.3) is 0 Å². The van der Waals surface area contributed by atoms with Gasteiger partial charge in [-0.25, -0.2) is 0 Å². The summed E-state index contributed by atoms with van der Waals surface area (Å²) in [6, 6.07) is 10.6. The number of hydrogen-bond acceptors (Lipinski definition) is 2. The number of carbonyl (C=O) groups excluding carboxylic acids is 1. The average molecular weight is 293 g/mol. The van der Waals surface area contributed by atoms with Gasteiger partial charge in [-0.05, 0) is 29.3 Å². The van der Waals surface area contributed by atoms with Crippen molar-refractivity contribution >= 4 is 29.0 Å². The van der Waals surface area contributed by atoms with Gasteiger partial charge < -0.3 is 4.74 Å². The highest BCUT2D eigenvalue weighted by Crippen LogP contribution is 2.28. The van der Waals surface area contributed by atoms with Crippen LogP contribution in [0.25, 0.3) is 0 Å². The van der Waals surface area contributed by atoms with Crippen LogP contribution in [-0.4, -0.2) is 5.78 Å². The Hall–Kier alpha value is -1.35. The Morgan fingerprint density at radius 2 is 1.68 bits per heavy atom. The molecule has 0 N–H and O–H groups in total. The SMILES string of the molecule is O=C(c1ccc2c(c1)COC2)c1c(Cl)cccc1Cl. The first-order valence-corrected chi connectivity index (χ1v) is 6.60. The quantitative estimate of drug-likeness (QED) is 0.773. The van der Waals surface area contributed by atoms with Gasteiger partial charge in [-0.15, -0.1) is 0 Å². The van der Waals surface area contributed by atoms with Gasteiger partial charge >= 0.3 is 0 Å². The van der Waals surface area contributed by atoms with Crippen molar-refractivity contribution in [1.82, 2.24) is 0 Å². The lowest BCUT2D eigenvalue weighted by molar-refractivity contribution is 0.103. The smallest absolute Gasteiger partial charge is 0.196 e. The second-order valence-corrected chi connectivity index (χ2v) is 5.22. The van der Waals surface area contributed by atoms with Crippen LogP contribution in [0.3, 0.4) is 0 Å². The second kappa shape index (κ2) is 4.97. The zero-order valence-corrected chi connectivity index (χ0v) is 11.5. The third-order valence-electron chi connectivity index (χ3n) is 3.17. The van der Waals surface area contributed by atoms with E-state index in [9.17, 15) is 4.79 Å². The first kappa shape index (κ1) is 12.7. The van der Waals surface area contributed by atoms with Crippen molar-refractivity contribution in [3.05, 3.63) is 68.7 Å². The number of ether oxygens (including phenoxy) is 1. The molecule has 3 rings (SSSR count). The molecule has 1 aliphatic rings. The van der Waals surface area contributed by atoms with Gasteiger partial charge in [0, 0.05) is 5.56 Å². The van der Waals surface area contributed by atoms with E-state index in [0.717, 1.165) is 11.1 Å². The number of halogens is 2. The molecule has 0 atom stereocenters. The minimum Gasteiger partial charge on any atom is -0.372 e. The highest BCUT2D eigenvalue weighted by molar-refractivity contribution is 6.41. The normalized spacial score (nSPS) is 13.4. The summed E-state index contributed by atoms with van der Waals surface area (Å²) in [5.41, 5.74) is 3.11. The lowest BCUT2D eigenvalue weighted by Crippen LogP contribution is -2.04. The molecule has 1 heterocycles. The first-order valence-electron chi connectivity index (χ1n) is 5.85. The molecule has 19 heavy (non-hydrogen) atoms. The second-order valence-electron chi connectivity index (χ2n) is 4.40. The Morgan fingerprint density at radius 1 is 1.00 bits per heavy atom. The maximum Gasteiger partial charge on any atom is 0.196 e. The predicted molar refractivity (Wildman–Crippen MR) is 74.8 cm³/mol. The molecule has 1 aliphatic heterocycles. The molecule has 4 heteroatoms. The molecular formula is C15H10Cl2O2. The summed E-state index contributed by atoms with van der Waals surface area (Å²) in [4.78, 5) is 12.5. The number of ketones is 1. The minimum atomic E-state index is -0.162. The van der Waals surface area contributed by atoms with E-state index in [1.165, 1.54) is 0 Å². The van der Waals surface area contributed by atoms with Gasteiger partial charge in [0.15, 0.2) is 5.78 Å². The molecule has 0 radical (unpaired) electrons. The average Bonchev–Trinajstić information content (AvgIpc) is 2.85. The van der Waals surface area contributed by atoms with Gasteiger partial charge in [-0.1, -0.05) is 41.4 Å². The van der Waals surface area contributed by atoms with Crippen LogP contribution in [0.1, 0.15) is 27.0 Å². The summed E-state index contributed by atoms with van der Waals surface area (Å²) < 4.78 is 5.34. The highest BCUT2D eigenvalue weighted by atomic mass is 35.5. The van der Waals surface area contributed by atoms with E-state index in [4.69, 9.17) is 27.9 Å². The van der Waals surface area contributed by atoms with Crippen LogP contribution in [0.15, 0.2) is 36.4 Å². The fourth-order valence-corrected chi connectivity index (χ4v) is 2.74. The highest BCUT2D eigenvalue weighted by Gasteiger charge is 2.19.